The van der Waals surface area contributed by atoms with E-state index in [0.717, 1.165) is 0 Å². The summed E-state index contributed by atoms with van der Waals surface area (Å²) in [6.07, 6.45) is -1.90. The Bertz CT molecular complexity index is 423. The Morgan fingerprint density at radius 1 is 1.10 bits per heavy atom. The first-order chi connectivity index (χ1) is 9.56. The lowest BCUT2D eigenvalue weighted by Gasteiger charge is -2.22. The van der Waals surface area contributed by atoms with Crippen molar-refractivity contribution in [3.63, 3.8) is 0 Å². The highest BCUT2D eigenvalue weighted by Gasteiger charge is 2.30. The molecule has 0 saturated carbocycles. The van der Waals surface area contributed by atoms with Crippen molar-refractivity contribution >= 4 is 23.7 Å². The van der Waals surface area contributed by atoms with Gasteiger partial charge in [0.25, 0.3) is 0 Å². The first kappa shape index (κ1) is 18.8. The van der Waals surface area contributed by atoms with Crippen molar-refractivity contribution in [2.75, 3.05) is 0 Å². The predicted molar refractivity (Wildman–Crippen MR) is 70.6 cm³/mol. The van der Waals surface area contributed by atoms with Crippen LogP contribution in [-0.2, 0) is 19.2 Å². The van der Waals surface area contributed by atoms with Gasteiger partial charge in [-0.3, -0.25) is 14.4 Å². The standard InChI is InChI=1S/C11H20N4O6/c1-4(12)9(18)14-6(3-7(13)17)10(19)15-8(5(2)16)11(20)21/h4-6,8,16H,3,12H2,1-2H3,(H2,13,17)(H,14,18)(H,15,19)(H,20,21). The molecule has 0 aromatic heterocycles. The van der Waals surface area contributed by atoms with Crippen LogP contribution in [0, 0.1) is 0 Å². The van der Waals surface area contributed by atoms with Gasteiger partial charge in [-0.25, -0.2) is 4.79 Å². The molecule has 4 unspecified atom stereocenters. The molecule has 3 amide bonds. The molecule has 0 radical (unpaired) electrons. The second-order valence-corrected chi connectivity index (χ2v) is 4.59. The van der Waals surface area contributed by atoms with Crippen LogP contribution in [0.1, 0.15) is 20.3 Å². The van der Waals surface area contributed by atoms with E-state index in [2.05, 4.69) is 5.32 Å². The van der Waals surface area contributed by atoms with E-state index in [9.17, 15) is 24.3 Å². The van der Waals surface area contributed by atoms with Crippen LogP contribution < -0.4 is 22.1 Å². The Hall–Kier alpha value is -2.20. The minimum atomic E-state index is -1.58. The summed E-state index contributed by atoms with van der Waals surface area (Å²) in [5.74, 6) is -4.00. The van der Waals surface area contributed by atoms with E-state index in [4.69, 9.17) is 16.6 Å². The van der Waals surface area contributed by atoms with E-state index in [1.165, 1.54) is 13.8 Å². The van der Waals surface area contributed by atoms with E-state index in [1.54, 1.807) is 0 Å². The number of aliphatic carboxylic acids is 1. The summed E-state index contributed by atoms with van der Waals surface area (Å²) in [5.41, 5.74) is 10.3. The third-order valence-corrected chi connectivity index (χ3v) is 2.50. The van der Waals surface area contributed by atoms with E-state index in [-0.39, 0.29) is 0 Å². The Morgan fingerprint density at radius 2 is 1.62 bits per heavy atom. The topological polar surface area (TPSA) is 185 Å². The molecule has 0 fully saturated rings. The molecule has 0 heterocycles. The van der Waals surface area contributed by atoms with Crippen LogP contribution >= 0.6 is 0 Å². The van der Waals surface area contributed by atoms with Crippen LogP contribution in [0.2, 0.25) is 0 Å². The van der Waals surface area contributed by atoms with Crippen molar-refractivity contribution in [2.45, 2.75) is 44.5 Å². The molecule has 21 heavy (non-hydrogen) atoms. The number of carboxylic acid groups (broad SMARTS) is 1. The maximum absolute atomic E-state index is 11.9. The lowest BCUT2D eigenvalue weighted by Crippen LogP contribution is -2.57. The van der Waals surface area contributed by atoms with Gasteiger partial charge in [0, 0.05) is 0 Å². The Kier molecular flexibility index (Phi) is 7.31. The zero-order valence-corrected chi connectivity index (χ0v) is 11.7. The number of carbonyl (C=O) groups excluding carboxylic acids is 3. The third kappa shape index (κ3) is 6.68. The fraction of sp³-hybridized carbons (Fsp3) is 0.636. The first-order valence-electron chi connectivity index (χ1n) is 6.11. The lowest BCUT2D eigenvalue weighted by molar-refractivity contribution is -0.145. The van der Waals surface area contributed by atoms with E-state index >= 15 is 0 Å². The zero-order valence-electron chi connectivity index (χ0n) is 11.7. The molecular formula is C11H20N4O6. The van der Waals surface area contributed by atoms with Gasteiger partial charge >= 0.3 is 5.97 Å². The van der Waals surface area contributed by atoms with Crippen LogP contribution in [0.25, 0.3) is 0 Å². The number of hydrogen-bond donors (Lipinski definition) is 6. The quantitative estimate of drug-likeness (QED) is 0.270. The molecule has 10 nitrogen and oxygen atoms in total. The molecule has 0 aliphatic rings. The Balaban J connectivity index is 4.98. The second kappa shape index (κ2) is 8.17. The molecule has 8 N–H and O–H groups in total. The fourth-order valence-electron chi connectivity index (χ4n) is 1.36. The van der Waals surface area contributed by atoms with Crippen LogP contribution in [-0.4, -0.2) is 58.1 Å². The maximum Gasteiger partial charge on any atom is 0.328 e. The number of aliphatic hydroxyl groups is 1. The molecular weight excluding hydrogens is 284 g/mol. The number of carbonyl (C=O) groups is 4. The van der Waals surface area contributed by atoms with E-state index in [1.807, 2.05) is 5.32 Å². The average Bonchev–Trinajstić information content (AvgIpc) is 2.32. The zero-order chi connectivity index (χ0) is 16.7. The van der Waals surface area contributed by atoms with Gasteiger partial charge in [0.2, 0.25) is 17.7 Å². The summed E-state index contributed by atoms with van der Waals surface area (Å²) in [5, 5.41) is 22.3. The molecule has 0 spiro atoms. The van der Waals surface area contributed by atoms with Gasteiger partial charge in [0.1, 0.15) is 6.04 Å². The van der Waals surface area contributed by atoms with Crippen molar-refractivity contribution in [1.82, 2.24) is 10.6 Å². The van der Waals surface area contributed by atoms with Crippen molar-refractivity contribution in [3.8, 4) is 0 Å². The monoisotopic (exact) mass is 304 g/mol. The fourth-order valence-corrected chi connectivity index (χ4v) is 1.36. The Morgan fingerprint density at radius 3 is 1.95 bits per heavy atom. The number of primary amides is 1. The largest absolute Gasteiger partial charge is 0.480 e. The molecule has 4 atom stereocenters. The molecule has 10 heteroatoms. The number of nitrogens with two attached hydrogens (primary N) is 2. The molecule has 0 aliphatic heterocycles. The van der Waals surface area contributed by atoms with E-state index < -0.39 is 54.3 Å². The van der Waals surface area contributed by atoms with Gasteiger partial charge in [-0.05, 0) is 13.8 Å². The highest BCUT2D eigenvalue weighted by atomic mass is 16.4. The maximum atomic E-state index is 11.9. The Labute approximate surface area is 120 Å². The normalized spacial score (nSPS) is 16.2. The van der Waals surface area contributed by atoms with Gasteiger partial charge in [0.05, 0.1) is 18.6 Å². The molecule has 120 valence electrons. The van der Waals surface area contributed by atoms with Crippen LogP contribution in [0.3, 0.4) is 0 Å². The SMILES string of the molecule is CC(N)C(=O)NC(CC(N)=O)C(=O)NC(C(=O)O)C(C)O. The predicted octanol–water partition coefficient (Wildman–Crippen LogP) is -3.36. The minimum absolute atomic E-state index is 0.531. The van der Waals surface area contributed by atoms with Crippen molar-refractivity contribution < 1.29 is 29.4 Å². The summed E-state index contributed by atoms with van der Waals surface area (Å²) >= 11 is 0. The molecule has 0 bridgehead atoms. The highest BCUT2D eigenvalue weighted by Crippen LogP contribution is 1.98. The summed E-state index contributed by atoms with van der Waals surface area (Å²) in [7, 11) is 0. The molecule has 0 aromatic rings. The highest BCUT2D eigenvalue weighted by molar-refractivity contribution is 5.94. The van der Waals surface area contributed by atoms with Crippen LogP contribution in [0.5, 0.6) is 0 Å². The van der Waals surface area contributed by atoms with E-state index in [0.29, 0.717) is 0 Å². The van der Waals surface area contributed by atoms with Crippen molar-refractivity contribution in [1.29, 1.82) is 0 Å². The van der Waals surface area contributed by atoms with Crippen molar-refractivity contribution in [2.24, 2.45) is 11.5 Å². The number of nitrogens with one attached hydrogen (secondary N) is 2. The third-order valence-electron chi connectivity index (χ3n) is 2.50. The van der Waals surface area contributed by atoms with Gasteiger partial charge in [0.15, 0.2) is 6.04 Å². The number of aliphatic hydroxyl groups excluding tert-OH is 1. The number of hydrogen-bond acceptors (Lipinski definition) is 6. The first-order valence-corrected chi connectivity index (χ1v) is 6.11. The molecule has 0 saturated heterocycles. The smallest absolute Gasteiger partial charge is 0.328 e. The summed E-state index contributed by atoms with van der Waals surface area (Å²) in [4.78, 5) is 45.2. The van der Waals surface area contributed by atoms with Crippen LogP contribution in [0.15, 0.2) is 0 Å². The number of rotatable bonds is 8. The van der Waals surface area contributed by atoms with Crippen molar-refractivity contribution in [3.05, 3.63) is 0 Å². The number of carboxylic acids is 1. The molecule has 0 rings (SSSR count). The summed E-state index contributed by atoms with van der Waals surface area (Å²) in [6.45, 7) is 2.53. The summed E-state index contributed by atoms with van der Waals surface area (Å²) in [6, 6.07) is -3.89. The minimum Gasteiger partial charge on any atom is -0.480 e. The molecule has 0 aromatic carbocycles. The van der Waals surface area contributed by atoms with Gasteiger partial charge < -0.3 is 32.3 Å². The van der Waals surface area contributed by atoms with Gasteiger partial charge in [-0.15, -0.1) is 0 Å². The number of amides is 3. The van der Waals surface area contributed by atoms with Gasteiger partial charge in [-0.2, -0.15) is 0 Å². The van der Waals surface area contributed by atoms with Gasteiger partial charge in [-0.1, -0.05) is 0 Å². The average molecular weight is 304 g/mol. The molecule has 0 aliphatic carbocycles. The summed E-state index contributed by atoms with van der Waals surface area (Å²) < 4.78 is 0. The lowest BCUT2D eigenvalue weighted by atomic mass is 10.1. The van der Waals surface area contributed by atoms with Crippen LogP contribution in [0.4, 0.5) is 0 Å². The second-order valence-electron chi connectivity index (χ2n) is 4.59.